The summed E-state index contributed by atoms with van der Waals surface area (Å²) in [6.07, 6.45) is 2.66. The van der Waals surface area contributed by atoms with E-state index in [0.717, 1.165) is 35.5 Å². The van der Waals surface area contributed by atoms with Crippen LogP contribution in [0, 0.1) is 5.82 Å². The molecule has 0 bridgehead atoms. The summed E-state index contributed by atoms with van der Waals surface area (Å²) in [7, 11) is 1.92. The zero-order valence-corrected chi connectivity index (χ0v) is 9.00. The average molecular weight is 217 g/mol. The first-order valence-electron chi connectivity index (χ1n) is 5.30. The molecule has 1 aliphatic rings. The van der Waals surface area contributed by atoms with Gasteiger partial charge in [0.2, 0.25) is 0 Å². The Morgan fingerprint density at radius 2 is 2.25 bits per heavy atom. The van der Waals surface area contributed by atoms with Crippen molar-refractivity contribution in [1.82, 2.24) is 10.2 Å². The number of benzene rings is 1. The van der Waals surface area contributed by atoms with Crippen molar-refractivity contribution in [1.29, 1.82) is 0 Å². The van der Waals surface area contributed by atoms with Crippen molar-refractivity contribution in [3.05, 3.63) is 35.8 Å². The molecule has 2 aromatic rings. The van der Waals surface area contributed by atoms with Gasteiger partial charge in [-0.25, -0.2) is 4.39 Å². The molecule has 0 saturated carbocycles. The fraction of sp³-hybridized carbons (Fsp3) is 0.250. The Bertz CT molecular complexity index is 519. The molecular weight excluding hydrogens is 205 g/mol. The van der Waals surface area contributed by atoms with Gasteiger partial charge in [0.05, 0.1) is 11.4 Å². The fourth-order valence-electron chi connectivity index (χ4n) is 2.32. The van der Waals surface area contributed by atoms with Gasteiger partial charge in [-0.15, -0.1) is 0 Å². The smallest absolute Gasteiger partial charge is 0.146 e. The topological polar surface area (TPSA) is 31.9 Å². The van der Waals surface area contributed by atoms with Crippen LogP contribution in [0.2, 0.25) is 0 Å². The van der Waals surface area contributed by atoms with Crippen molar-refractivity contribution in [2.24, 2.45) is 0 Å². The highest BCUT2D eigenvalue weighted by molar-refractivity contribution is 5.74. The number of fused-ring (bicyclic) bond motifs is 1. The predicted octanol–water partition coefficient (Wildman–Crippen LogP) is 2.21. The molecule has 1 N–H and O–H groups in total. The maximum Gasteiger partial charge on any atom is 0.146 e. The standard InChI is InChI=1S/C12H12FN3/c1-16-7-5-9-8(11-4-6-14-15-11)2-3-10(13)12(9)16/h2-4,6H,5,7H2,1H3,(H,14,15). The number of nitrogens with zero attached hydrogens (tertiary/aromatic N) is 2. The normalized spacial score (nSPS) is 14.2. The van der Waals surface area contributed by atoms with Crippen LogP contribution in [0.15, 0.2) is 24.4 Å². The van der Waals surface area contributed by atoms with Gasteiger partial charge in [0.1, 0.15) is 5.82 Å². The zero-order valence-electron chi connectivity index (χ0n) is 9.00. The highest BCUT2D eigenvalue weighted by atomic mass is 19.1. The molecule has 3 rings (SSSR count). The van der Waals surface area contributed by atoms with Gasteiger partial charge >= 0.3 is 0 Å². The molecule has 0 unspecified atom stereocenters. The fourth-order valence-corrected chi connectivity index (χ4v) is 2.32. The van der Waals surface area contributed by atoms with Crippen molar-refractivity contribution in [2.75, 3.05) is 18.5 Å². The van der Waals surface area contributed by atoms with E-state index in [2.05, 4.69) is 10.2 Å². The maximum absolute atomic E-state index is 13.7. The predicted molar refractivity (Wildman–Crippen MR) is 61.0 cm³/mol. The number of rotatable bonds is 1. The molecule has 0 fully saturated rings. The van der Waals surface area contributed by atoms with Crippen LogP contribution in [0.5, 0.6) is 0 Å². The Hall–Kier alpha value is -1.84. The quantitative estimate of drug-likeness (QED) is 0.794. The molecule has 1 aliphatic heterocycles. The van der Waals surface area contributed by atoms with Crippen molar-refractivity contribution in [2.45, 2.75) is 6.42 Å². The molecule has 16 heavy (non-hydrogen) atoms. The number of H-pyrrole nitrogens is 1. The third kappa shape index (κ3) is 1.23. The first-order chi connectivity index (χ1) is 7.77. The highest BCUT2D eigenvalue weighted by Crippen LogP contribution is 2.36. The minimum absolute atomic E-state index is 0.144. The van der Waals surface area contributed by atoms with Crippen molar-refractivity contribution in [3.8, 4) is 11.3 Å². The van der Waals surface area contributed by atoms with Crippen molar-refractivity contribution in [3.63, 3.8) is 0 Å². The lowest BCUT2D eigenvalue weighted by Crippen LogP contribution is -2.13. The average Bonchev–Trinajstić information content (AvgIpc) is 2.89. The van der Waals surface area contributed by atoms with Crippen LogP contribution in [-0.4, -0.2) is 23.8 Å². The Kier molecular flexibility index (Phi) is 1.96. The van der Waals surface area contributed by atoms with E-state index in [1.54, 1.807) is 6.20 Å². The van der Waals surface area contributed by atoms with Gasteiger partial charge in [0, 0.05) is 25.4 Å². The van der Waals surface area contributed by atoms with Gasteiger partial charge in [0.25, 0.3) is 0 Å². The number of likely N-dealkylation sites (N-methyl/N-ethyl adjacent to an activating group) is 1. The van der Waals surface area contributed by atoms with E-state index in [4.69, 9.17) is 0 Å². The second-order valence-electron chi connectivity index (χ2n) is 4.05. The Morgan fingerprint density at radius 1 is 1.38 bits per heavy atom. The number of halogens is 1. The van der Waals surface area contributed by atoms with Gasteiger partial charge in [-0.2, -0.15) is 5.10 Å². The van der Waals surface area contributed by atoms with Crippen LogP contribution in [0.1, 0.15) is 5.56 Å². The summed E-state index contributed by atoms with van der Waals surface area (Å²) < 4.78 is 13.7. The summed E-state index contributed by atoms with van der Waals surface area (Å²) in [6, 6.07) is 5.24. The highest BCUT2D eigenvalue weighted by Gasteiger charge is 2.23. The number of hydrogen-bond acceptors (Lipinski definition) is 2. The molecular formula is C12H12FN3. The first kappa shape index (κ1) is 9.39. The lowest BCUT2D eigenvalue weighted by Gasteiger charge is -2.13. The number of anilines is 1. The van der Waals surface area contributed by atoms with Gasteiger partial charge in [-0.3, -0.25) is 5.10 Å². The molecule has 1 aromatic heterocycles. The third-order valence-electron chi connectivity index (χ3n) is 3.09. The van der Waals surface area contributed by atoms with Gasteiger partial charge < -0.3 is 4.90 Å². The van der Waals surface area contributed by atoms with E-state index < -0.39 is 0 Å². The van der Waals surface area contributed by atoms with E-state index in [0.29, 0.717) is 0 Å². The van der Waals surface area contributed by atoms with E-state index in [-0.39, 0.29) is 5.82 Å². The second kappa shape index (κ2) is 3.33. The molecule has 1 aromatic carbocycles. The van der Waals surface area contributed by atoms with E-state index >= 15 is 0 Å². The van der Waals surface area contributed by atoms with Crippen molar-refractivity contribution < 1.29 is 4.39 Å². The molecule has 0 saturated heterocycles. The minimum atomic E-state index is -0.144. The molecule has 0 aliphatic carbocycles. The summed E-state index contributed by atoms with van der Waals surface area (Å²) in [4.78, 5) is 1.96. The maximum atomic E-state index is 13.7. The summed E-state index contributed by atoms with van der Waals surface area (Å²) in [5, 5.41) is 6.94. The molecule has 3 nitrogen and oxygen atoms in total. The van der Waals surface area contributed by atoms with Gasteiger partial charge in [0.15, 0.2) is 0 Å². The van der Waals surface area contributed by atoms with E-state index in [9.17, 15) is 4.39 Å². The van der Waals surface area contributed by atoms with E-state index in [1.165, 1.54) is 6.07 Å². The Morgan fingerprint density at radius 3 is 3.00 bits per heavy atom. The molecule has 0 amide bonds. The number of hydrogen-bond donors (Lipinski definition) is 1. The second-order valence-corrected chi connectivity index (χ2v) is 4.05. The Labute approximate surface area is 92.9 Å². The zero-order chi connectivity index (χ0) is 11.1. The summed E-state index contributed by atoms with van der Waals surface area (Å²) in [5.74, 6) is -0.144. The summed E-state index contributed by atoms with van der Waals surface area (Å²) in [6.45, 7) is 0.869. The largest absolute Gasteiger partial charge is 0.372 e. The Balaban J connectivity index is 2.23. The monoisotopic (exact) mass is 217 g/mol. The van der Waals surface area contributed by atoms with Crippen LogP contribution >= 0.6 is 0 Å². The van der Waals surface area contributed by atoms with Gasteiger partial charge in [-0.1, -0.05) is 0 Å². The molecule has 0 atom stereocenters. The van der Waals surface area contributed by atoms with E-state index in [1.807, 2.05) is 24.1 Å². The molecule has 0 radical (unpaired) electrons. The third-order valence-corrected chi connectivity index (χ3v) is 3.09. The lowest BCUT2D eigenvalue weighted by atomic mass is 10.0. The number of aromatic nitrogens is 2. The lowest BCUT2D eigenvalue weighted by molar-refractivity contribution is 0.626. The number of aromatic amines is 1. The number of nitrogens with one attached hydrogen (secondary N) is 1. The van der Waals surface area contributed by atoms with Crippen LogP contribution in [0.3, 0.4) is 0 Å². The van der Waals surface area contributed by atoms with Crippen LogP contribution in [0.4, 0.5) is 10.1 Å². The van der Waals surface area contributed by atoms with Crippen LogP contribution < -0.4 is 4.90 Å². The van der Waals surface area contributed by atoms with Crippen LogP contribution in [-0.2, 0) is 6.42 Å². The molecule has 4 heteroatoms. The van der Waals surface area contributed by atoms with Crippen LogP contribution in [0.25, 0.3) is 11.3 Å². The summed E-state index contributed by atoms with van der Waals surface area (Å²) >= 11 is 0. The van der Waals surface area contributed by atoms with Gasteiger partial charge in [-0.05, 0) is 30.2 Å². The minimum Gasteiger partial charge on any atom is -0.372 e. The summed E-state index contributed by atoms with van der Waals surface area (Å²) in [5.41, 5.74) is 3.70. The first-order valence-corrected chi connectivity index (χ1v) is 5.30. The SMILES string of the molecule is CN1CCc2c(-c3cc[nH]n3)ccc(F)c21. The van der Waals surface area contributed by atoms with Crippen molar-refractivity contribution >= 4 is 5.69 Å². The molecule has 82 valence electrons. The molecule has 2 heterocycles. The molecule has 0 spiro atoms.